The fraction of sp³-hybridized carbons (Fsp3) is 0.293. The van der Waals surface area contributed by atoms with Crippen LogP contribution in [0.5, 0.6) is 0 Å². The van der Waals surface area contributed by atoms with Crippen molar-refractivity contribution in [2.75, 3.05) is 27.4 Å². The SMILES string of the molecule is COC(=O)CO[C@]1(C(=O)OC)C[C@H](OC(=O)c2ccccc2)[C@@H](NC(C)=O)[C@H]([C@H](OC(=O)c2ccccn2)[C@@H](COC(=O)c2ccccc2)OC(=O)c2ccccn2)O1. The number of carbonyl (C=O) groups excluding carboxylic acids is 7. The average Bonchev–Trinajstić information content (AvgIpc) is 3.27. The minimum absolute atomic E-state index is 0.0596. The Morgan fingerprint density at radius 1 is 0.729 bits per heavy atom. The van der Waals surface area contributed by atoms with E-state index in [1.807, 2.05) is 0 Å². The first kappa shape index (κ1) is 43.1. The van der Waals surface area contributed by atoms with Gasteiger partial charge in [0.2, 0.25) is 5.91 Å². The lowest BCUT2D eigenvalue weighted by Gasteiger charge is -2.48. The first-order valence-electron chi connectivity index (χ1n) is 17.9. The van der Waals surface area contributed by atoms with Crippen LogP contribution in [0.2, 0.25) is 0 Å². The molecule has 18 heteroatoms. The molecule has 1 saturated heterocycles. The van der Waals surface area contributed by atoms with Crippen LogP contribution >= 0.6 is 0 Å². The van der Waals surface area contributed by atoms with E-state index < -0.39 is 97.6 Å². The molecule has 59 heavy (non-hydrogen) atoms. The van der Waals surface area contributed by atoms with Crippen LogP contribution in [-0.4, -0.2) is 115 Å². The van der Waals surface area contributed by atoms with Gasteiger partial charge in [-0.2, -0.15) is 0 Å². The molecular weight excluding hydrogens is 774 g/mol. The molecule has 308 valence electrons. The van der Waals surface area contributed by atoms with Gasteiger partial charge in [0.1, 0.15) is 36.8 Å². The second-order valence-electron chi connectivity index (χ2n) is 12.6. The first-order chi connectivity index (χ1) is 28.4. The van der Waals surface area contributed by atoms with E-state index in [1.165, 1.54) is 67.0 Å². The minimum atomic E-state index is -2.67. The van der Waals surface area contributed by atoms with E-state index in [1.54, 1.807) is 42.5 Å². The zero-order valence-corrected chi connectivity index (χ0v) is 31.9. The summed E-state index contributed by atoms with van der Waals surface area (Å²) in [5, 5.41) is 2.63. The van der Waals surface area contributed by atoms with Gasteiger partial charge in [-0.3, -0.25) is 4.79 Å². The third-order valence-corrected chi connectivity index (χ3v) is 8.66. The summed E-state index contributed by atoms with van der Waals surface area (Å²) in [6.07, 6.45) is -5.51. The standard InChI is InChI=1S/C41H39N3O15/c1-25(45)44-33-30(56-37(48)27-16-8-5-9-17-27)22-41(40(51)53-3,55-24-32(46)52-2)59-35(33)34(58-39(50)29-19-11-13-21-43-29)31(57-38(49)28-18-10-12-20-42-28)23-54-36(47)26-14-6-4-7-15-26/h4-21,30-31,33-35H,22-24H2,1-3H3,(H,44,45)/t30-,31+,33+,34+,35+,41+/m0/s1. The second kappa shape index (κ2) is 20.4. The Labute approximate surface area is 337 Å². The van der Waals surface area contributed by atoms with Gasteiger partial charge >= 0.3 is 35.8 Å². The van der Waals surface area contributed by atoms with Crippen molar-refractivity contribution in [3.8, 4) is 0 Å². The molecular formula is C41H39N3O15. The number of ether oxygens (including phenoxy) is 8. The van der Waals surface area contributed by atoms with Crippen molar-refractivity contribution in [2.24, 2.45) is 0 Å². The van der Waals surface area contributed by atoms with Crippen molar-refractivity contribution < 1.29 is 71.5 Å². The van der Waals surface area contributed by atoms with Crippen molar-refractivity contribution in [2.45, 2.75) is 49.6 Å². The second-order valence-corrected chi connectivity index (χ2v) is 12.6. The fourth-order valence-corrected chi connectivity index (χ4v) is 5.91. The van der Waals surface area contributed by atoms with Crippen LogP contribution in [0.15, 0.2) is 109 Å². The quantitative estimate of drug-likeness (QED) is 0.127. The summed E-state index contributed by atoms with van der Waals surface area (Å²) >= 11 is 0. The molecule has 1 N–H and O–H groups in total. The van der Waals surface area contributed by atoms with E-state index in [0.29, 0.717) is 0 Å². The fourth-order valence-electron chi connectivity index (χ4n) is 5.91. The van der Waals surface area contributed by atoms with E-state index in [4.69, 9.17) is 37.9 Å². The van der Waals surface area contributed by atoms with Crippen LogP contribution in [0, 0.1) is 0 Å². The number of nitrogens with zero attached hydrogens (tertiary/aromatic N) is 2. The van der Waals surface area contributed by atoms with Crippen LogP contribution < -0.4 is 5.32 Å². The number of nitrogens with one attached hydrogen (secondary N) is 1. The van der Waals surface area contributed by atoms with Crippen LogP contribution in [0.1, 0.15) is 55.0 Å². The van der Waals surface area contributed by atoms with E-state index >= 15 is 0 Å². The Balaban J connectivity index is 1.69. The first-order valence-corrected chi connectivity index (χ1v) is 17.9. The van der Waals surface area contributed by atoms with Gasteiger partial charge in [0.25, 0.3) is 5.79 Å². The summed E-state index contributed by atoms with van der Waals surface area (Å²) in [4.78, 5) is 102. The van der Waals surface area contributed by atoms with Gasteiger partial charge in [-0.1, -0.05) is 48.5 Å². The monoisotopic (exact) mass is 813 g/mol. The lowest BCUT2D eigenvalue weighted by molar-refractivity contribution is -0.310. The number of hydrogen-bond acceptors (Lipinski definition) is 17. The Kier molecular flexibility index (Phi) is 14.9. The normalized spacial score (nSPS) is 19.4. The molecule has 0 spiro atoms. The Bertz CT molecular complexity index is 2090. The summed E-state index contributed by atoms with van der Waals surface area (Å²) < 4.78 is 45.3. The molecule has 2 aromatic heterocycles. The highest BCUT2D eigenvalue weighted by Gasteiger charge is 2.60. The smallest absolute Gasteiger partial charge is 0.366 e. The van der Waals surface area contributed by atoms with Gasteiger partial charge in [0.05, 0.1) is 37.8 Å². The molecule has 1 fully saturated rings. The maximum absolute atomic E-state index is 13.9. The molecule has 18 nitrogen and oxygen atoms in total. The zero-order chi connectivity index (χ0) is 42.4. The molecule has 0 aliphatic carbocycles. The lowest BCUT2D eigenvalue weighted by Crippen LogP contribution is -2.69. The molecule has 0 unspecified atom stereocenters. The maximum atomic E-state index is 13.9. The van der Waals surface area contributed by atoms with Crippen molar-refractivity contribution in [3.63, 3.8) is 0 Å². The van der Waals surface area contributed by atoms with E-state index in [2.05, 4.69) is 15.3 Å². The van der Waals surface area contributed by atoms with Gasteiger partial charge in [0.15, 0.2) is 12.2 Å². The molecule has 5 rings (SSSR count). The maximum Gasteiger partial charge on any atom is 0.366 e. The number of rotatable bonds is 16. The summed E-state index contributed by atoms with van der Waals surface area (Å²) in [6, 6.07) is 22.5. The van der Waals surface area contributed by atoms with Crippen LogP contribution in [0.4, 0.5) is 0 Å². The molecule has 2 aromatic carbocycles. The van der Waals surface area contributed by atoms with Gasteiger partial charge in [-0.15, -0.1) is 0 Å². The van der Waals surface area contributed by atoms with Gasteiger partial charge in [-0.05, 0) is 48.5 Å². The zero-order valence-electron chi connectivity index (χ0n) is 31.9. The van der Waals surface area contributed by atoms with Crippen molar-refractivity contribution >= 4 is 41.7 Å². The van der Waals surface area contributed by atoms with Crippen LogP contribution in [0.25, 0.3) is 0 Å². The summed E-state index contributed by atoms with van der Waals surface area (Å²) in [5.74, 6) is -9.68. The number of methoxy groups -OCH3 is 2. The van der Waals surface area contributed by atoms with Crippen molar-refractivity contribution in [1.29, 1.82) is 0 Å². The highest BCUT2D eigenvalue weighted by molar-refractivity contribution is 5.91. The Morgan fingerprint density at radius 2 is 1.29 bits per heavy atom. The summed E-state index contributed by atoms with van der Waals surface area (Å²) in [5.41, 5.74) is -0.314. The summed E-state index contributed by atoms with van der Waals surface area (Å²) in [7, 11) is 2.04. The van der Waals surface area contributed by atoms with Crippen LogP contribution in [-0.2, 0) is 52.3 Å². The largest absolute Gasteiger partial charge is 0.467 e. The Hall–Kier alpha value is -7.05. The molecule has 1 aliphatic heterocycles. The van der Waals surface area contributed by atoms with E-state index in [9.17, 15) is 33.6 Å². The van der Waals surface area contributed by atoms with Crippen molar-refractivity contribution in [3.05, 3.63) is 132 Å². The number of carbonyl (C=O) groups is 7. The average molecular weight is 814 g/mol. The van der Waals surface area contributed by atoms with Gasteiger partial charge in [-0.25, -0.2) is 38.7 Å². The third-order valence-electron chi connectivity index (χ3n) is 8.66. The van der Waals surface area contributed by atoms with Gasteiger partial charge < -0.3 is 43.2 Å². The molecule has 1 amide bonds. The number of hydrogen-bond donors (Lipinski definition) is 1. The highest BCUT2D eigenvalue weighted by Crippen LogP contribution is 2.37. The van der Waals surface area contributed by atoms with Crippen molar-refractivity contribution in [1.82, 2.24) is 15.3 Å². The molecule has 3 heterocycles. The van der Waals surface area contributed by atoms with E-state index in [-0.39, 0.29) is 22.5 Å². The Morgan fingerprint density at radius 3 is 1.81 bits per heavy atom. The molecule has 1 aliphatic rings. The molecule has 4 aromatic rings. The van der Waals surface area contributed by atoms with E-state index in [0.717, 1.165) is 21.1 Å². The molecule has 0 bridgehead atoms. The van der Waals surface area contributed by atoms with Crippen LogP contribution in [0.3, 0.4) is 0 Å². The number of amides is 1. The number of aromatic nitrogens is 2. The third kappa shape index (κ3) is 11.3. The molecule has 0 radical (unpaired) electrons. The predicted molar refractivity (Wildman–Crippen MR) is 199 cm³/mol. The van der Waals surface area contributed by atoms with Gasteiger partial charge in [0, 0.05) is 19.3 Å². The molecule has 0 saturated carbocycles. The molecule has 6 atom stereocenters. The number of benzene rings is 2. The topological polar surface area (TPSA) is 231 Å². The highest BCUT2D eigenvalue weighted by atomic mass is 16.7. The number of pyridine rings is 2. The number of esters is 6. The minimum Gasteiger partial charge on any atom is -0.467 e. The summed E-state index contributed by atoms with van der Waals surface area (Å²) in [6.45, 7) is -0.645. The predicted octanol–water partition coefficient (Wildman–Crippen LogP) is 2.66. The lowest BCUT2D eigenvalue weighted by atomic mass is 9.87.